The lowest BCUT2D eigenvalue weighted by Gasteiger charge is -2.12. The molecular weight excluding hydrogens is 322 g/mol. The van der Waals surface area contributed by atoms with Crippen LogP contribution in [0.5, 0.6) is 0 Å². The number of anilines is 2. The number of nitrogens with one attached hydrogen (secondary N) is 1. The molecule has 2 heterocycles. The Balaban J connectivity index is 1.73. The van der Waals surface area contributed by atoms with Gasteiger partial charge in [0.05, 0.1) is 0 Å². The predicted molar refractivity (Wildman–Crippen MR) is 104 cm³/mol. The van der Waals surface area contributed by atoms with E-state index in [2.05, 4.69) is 64.6 Å². The lowest BCUT2D eigenvalue weighted by atomic mass is 10.1. The first-order valence-corrected chi connectivity index (χ1v) is 8.70. The number of benzene rings is 2. The molecule has 2 aromatic heterocycles. The SMILES string of the molecule is Cc1cc(Nc2cccc(C)c2C)n2nc(Cc3ccccc3)nc2n1. The summed E-state index contributed by atoms with van der Waals surface area (Å²) in [7, 11) is 0. The van der Waals surface area contributed by atoms with Crippen LogP contribution < -0.4 is 5.32 Å². The van der Waals surface area contributed by atoms with Crippen molar-refractivity contribution in [3.8, 4) is 0 Å². The van der Waals surface area contributed by atoms with Crippen LogP contribution in [0.3, 0.4) is 0 Å². The number of aromatic nitrogens is 4. The molecule has 0 saturated heterocycles. The molecule has 0 aliphatic carbocycles. The van der Waals surface area contributed by atoms with Gasteiger partial charge in [0, 0.05) is 23.9 Å². The van der Waals surface area contributed by atoms with E-state index in [1.54, 1.807) is 4.52 Å². The molecule has 4 rings (SSSR count). The van der Waals surface area contributed by atoms with Crippen LogP contribution in [-0.4, -0.2) is 19.6 Å². The average molecular weight is 343 g/mol. The van der Waals surface area contributed by atoms with Crippen molar-refractivity contribution in [1.29, 1.82) is 0 Å². The van der Waals surface area contributed by atoms with Gasteiger partial charge in [0.15, 0.2) is 5.82 Å². The quantitative estimate of drug-likeness (QED) is 0.597. The minimum Gasteiger partial charge on any atom is -0.340 e. The fraction of sp³-hybridized carbons (Fsp3) is 0.190. The summed E-state index contributed by atoms with van der Waals surface area (Å²) < 4.78 is 1.78. The van der Waals surface area contributed by atoms with Gasteiger partial charge in [0.1, 0.15) is 5.82 Å². The standard InChI is InChI=1S/C21H21N5/c1-14-8-7-11-18(16(14)3)23-20-12-15(2)22-21-24-19(25-26(20)21)13-17-9-5-4-6-10-17/h4-12,23H,13H2,1-3H3. The van der Waals surface area contributed by atoms with Gasteiger partial charge in [-0.3, -0.25) is 0 Å². The Bertz CT molecular complexity index is 1070. The molecule has 0 aliphatic heterocycles. The molecule has 0 atom stereocenters. The summed E-state index contributed by atoms with van der Waals surface area (Å²) in [6.45, 7) is 6.20. The normalized spacial score (nSPS) is 11.0. The molecule has 5 nitrogen and oxygen atoms in total. The average Bonchev–Trinajstić information content (AvgIpc) is 3.02. The van der Waals surface area contributed by atoms with Crippen LogP contribution in [0, 0.1) is 20.8 Å². The summed E-state index contributed by atoms with van der Waals surface area (Å²) in [5.74, 6) is 2.25. The Hall–Kier alpha value is -3.21. The van der Waals surface area contributed by atoms with Crippen LogP contribution in [-0.2, 0) is 6.42 Å². The van der Waals surface area contributed by atoms with Gasteiger partial charge in [-0.05, 0) is 43.5 Å². The molecule has 0 unspecified atom stereocenters. The first-order chi connectivity index (χ1) is 12.6. The van der Waals surface area contributed by atoms with Crippen molar-refractivity contribution in [2.24, 2.45) is 0 Å². The number of aryl methyl sites for hydroxylation is 2. The number of hydrogen-bond acceptors (Lipinski definition) is 4. The van der Waals surface area contributed by atoms with Gasteiger partial charge >= 0.3 is 0 Å². The van der Waals surface area contributed by atoms with Gasteiger partial charge < -0.3 is 5.32 Å². The van der Waals surface area contributed by atoms with Crippen molar-refractivity contribution in [2.45, 2.75) is 27.2 Å². The first-order valence-electron chi connectivity index (χ1n) is 8.70. The summed E-state index contributed by atoms with van der Waals surface area (Å²) in [6.07, 6.45) is 0.687. The Kier molecular flexibility index (Phi) is 4.13. The van der Waals surface area contributed by atoms with Crippen LogP contribution in [0.25, 0.3) is 5.78 Å². The van der Waals surface area contributed by atoms with Crippen LogP contribution in [0.4, 0.5) is 11.5 Å². The third-order valence-corrected chi connectivity index (χ3v) is 4.56. The molecule has 0 aliphatic rings. The van der Waals surface area contributed by atoms with Crippen LogP contribution in [0.1, 0.15) is 28.2 Å². The van der Waals surface area contributed by atoms with Crippen LogP contribution in [0.15, 0.2) is 54.6 Å². The smallest absolute Gasteiger partial charge is 0.254 e. The zero-order chi connectivity index (χ0) is 18.1. The molecule has 0 fully saturated rings. The van der Waals surface area contributed by atoms with Gasteiger partial charge in [-0.15, -0.1) is 5.10 Å². The number of rotatable bonds is 4. The molecule has 2 aromatic carbocycles. The largest absolute Gasteiger partial charge is 0.340 e. The second-order valence-electron chi connectivity index (χ2n) is 6.56. The minimum absolute atomic E-state index is 0.615. The number of hydrogen-bond donors (Lipinski definition) is 1. The van der Waals surface area contributed by atoms with E-state index >= 15 is 0 Å². The Labute approximate surface area is 152 Å². The van der Waals surface area contributed by atoms with Crippen LogP contribution >= 0.6 is 0 Å². The van der Waals surface area contributed by atoms with Gasteiger partial charge in [-0.1, -0.05) is 42.5 Å². The third-order valence-electron chi connectivity index (χ3n) is 4.56. The zero-order valence-electron chi connectivity index (χ0n) is 15.2. The molecule has 1 N–H and O–H groups in total. The fourth-order valence-electron chi connectivity index (χ4n) is 3.00. The van der Waals surface area contributed by atoms with E-state index in [9.17, 15) is 0 Å². The molecule has 130 valence electrons. The molecule has 0 radical (unpaired) electrons. The van der Waals surface area contributed by atoms with E-state index in [0.29, 0.717) is 12.2 Å². The molecule has 0 amide bonds. The summed E-state index contributed by atoms with van der Waals surface area (Å²) in [5.41, 5.74) is 5.63. The molecular formula is C21H21N5. The molecule has 0 saturated carbocycles. The van der Waals surface area contributed by atoms with Gasteiger partial charge in [0.2, 0.25) is 0 Å². The molecule has 0 bridgehead atoms. The second-order valence-corrected chi connectivity index (χ2v) is 6.56. The highest BCUT2D eigenvalue weighted by Gasteiger charge is 2.12. The highest BCUT2D eigenvalue weighted by Crippen LogP contribution is 2.23. The van der Waals surface area contributed by atoms with Crippen molar-refractivity contribution < 1.29 is 0 Å². The van der Waals surface area contributed by atoms with E-state index in [1.807, 2.05) is 31.2 Å². The first kappa shape index (κ1) is 16.3. The summed E-state index contributed by atoms with van der Waals surface area (Å²) >= 11 is 0. The van der Waals surface area contributed by atoms with Crippen molar-refractivity contribution in [2.75, 3.05) is 5.32 Å². The Morgan fingerprint density at radius 1 is 0.923 bits per heavy atom. The molecule has 26 heavy (non-hydrogen) atoms. The molecule has 0 spiro atoms. The van der Waals surface area contributed by atoms with Gasteiger partial charge in [-0.2, -0.15) is 9.50 Å². The van der Waals surface area contributed by atoms with Crippen molar-refractivity contribution >= 4 is 17.3 Å². The van der Waals surface area contributed by atoms with E-state index in [1.165, 1.54) is 16.7 Å². The fourth-order valence-corrected chi connectivity index (χ4v) is 3.00. The summed E-state index contributed by atoms with van der Waals surface area (Å²) in [4.78, 5) is 9.14. The number of fused-ring (bicyclic) bond motifs is 1. The molecule has 5 heteroatoms. The summed E-state index contributed by atoms with van der Waals surface area (Å²) in [5, 5.41) is 8.17. The minimum atomic E-state index is 0.615. The topological polar surface area (TPSA) is 55.1 Å². The predicted octanol–water partition coefficient (Wildman–Crippen LogP) is 4.38. The van der Waals surface area contributed by atoms with Gasteiger partial charge in [0.25, 0.3) is 5.78 Å². The van der Waals surface area contributed by atoms with E-state index in [0.717, 1.165) is 23.0 Å². The highest BCUT2D eigenvalue weighted by molar-refractivity contribution is 5.63. The third kappa shape index (κ3) is 3.16. The van der Waals surface area contributed by atoms with E-state index in [-0.39, 0.29) is 0 Å². The van der Waals surface area contributed by atoms with Crippen molar-refractivity contribution in [1.82, 2.24) is 19.6 Å². The second kappa shape index (κ2) is 6.59. The Morgan fingerprint density at radius 3 is 2.54 bits per heavy atom. The maximum atomic E-state index is 4.68. The van der Waals surface area contributed by atoms with E-state index in [4.69, 9.17) is 0 Å². The lowest BCUT2D eigenvalue weighted by molar-refractivity contribution is 0.893. The lowest BCUT2D eigenvalue weighted by Crippen LogP contribution is -2.04. The Morgan fingerprint density at radius 2 is 1.73 bits per heavy atom. The van der Waals surface area contributed by atoms with Crippen LogP contribution in [0.2, 0.25) is 0 Å². The van der Waals surface area contributed by atoms with Gasteiger partial charge in [-0.25, -0.2) is 4.98 Å². The molecule has 4 aromatic rings. The monoisotopic (exact) mass is 343 g/mol. The summed E-state index contributed by atoms with van der Waals surface area (Å²) in [6, 6.07) is 18.5. The van der Waals surface area contributed by atoms with Crippen molar-refractivity contribution in [3.05, 3.63) is 82.8 Å². The highest BCUT2D eigenvalue weighted by atomic mass is 15.4. The van der Waals surface area contributed by atoms with Crippen molar-refractivity contribution in [3.63, 3.8) is 0 Å². The van der Waals surface area contributed by atoms with E-state index < -0.39 is 0 Å². The zero-order valence-corrected chi connectivity index (χ0v) is 15.2. The maximum absolute atomic E-state index is 4.68. The number of nitrogens with zero attached hydrogens (tertiary/aromatic N) is 4. The maximum Gasteiger partial charge on any atom is 0.254 e.